The Hall–Kier alpha value is -4.24. The maximum absolute atomic E-state index is 15.1. The molecule has 198 valence electrons. The van der Waals surface area contributed by atoms with Crippen LogP contribution < -0.4 is 10.2 Å². The van der Waals surface area contributed by atoms with E-state index in [9.17, 15) is 19.5 Å². The Bertz CT molecular complexity index is 1300. The average molecular weight is 520 g/mol. The van der Waals surface area contributed by atoms with Gasteiger partial charge in [0.1, 0.15) is 11.9 Å². The summed E-state index contributed by atoms with van der Waals surface area (Å²) < 4.78 is 20.3. The fourth-order valence-electron chi connectivity index (χ4n) is 4.31. The van der Waals surface area contributed by atoms with Gasteiger partial charge in [-0.05, 0) is 34.9 Å². The van der Waals surface area contributed by atoms with Crippen molar-refractivity contribution in [2.75, 3.05) is 24.5 Å². The molecule has 0 aromatic heterocycles. The maximum Gasteiger partial charge on any atom is 0.414 e. The van der Waals surface area contributed by atoms with Crippen molar-refractivity contribution in [1.82, 2.24) is 10.2 Å². The number of nitrogens with one attached hydrogen (secondary N) is 1. The third-order valence-electron chi connectivity index (χ3n) is 6.38. The van der Waals surface area contributed by atoms with E-state index in [0.29, 0.717) is 28.9 Å². The van der Waals surface area contributed by atoms with E-state index in [1.54, 1.807) is 41.3 Å². The van der Waals surface area contributed by atoms with E-state index >= 15 is 4.39 Å². The number of hydrogen-bond acceptors (Lipinski definition) is 5. The van der Waals surface area contributed by atoms with E-state index in [1.165, 1.54) is 24.8 Å². The molecule has 0 bridgehead atoms. The Morgan fingerprint density at radius 3 is 2.45 bits per heavy atom. The molecule has 0 aliphatic carbocycles. The van der Waals surface area contributed by atoms with Gasteiger partial charge in [-0.15, -0.1) is 0 Å². The van der Waals surface area contributed by atoms with Crippen LogP contribution in [0.1, 0.15) is 31.1 Å². The second kappa shape index (κ2) is 11.9. The lowest BCUT2D eigenvalue weighted by atomic mass is 10.0. The summed E-state index contributed by atoms with van der Waals surface area (Å²) in [5.41, 5.74) is 2.87. The minimum atomic E-state index is -0.907. The fraction of sp³-hybridized carbons (Fsp3) is 0.276. The van der Waals surface area contributed by atoms with Crippen LogP contribution in [0, 0.1) is 5.82 Å². The molecular weight excluding hydrogens is 489 g/mol. The van der Waals surface area contributed by atoms with E-state index in [2.05, 4.69) is 5.32 Å². The highest BCUT2D eigenvalue weighted by Gasteiger charge is 2.32. The van der Waals surface area contributed by atoms with Gasteiger partial charge in [0, 0.05) is 26.0 Å². The number of aliphatic hydroxyl groups excluding tert-OH is 1. The van der Waals surface area contributed by atoms with Crippen LogP contribution in [0.2, 0.25) is 0 Å². The summed E-state index contributed by atoms with van der Waals surface area (Å²) in [6.45, 7) is 3.75. The number of rotatable bonds is 9. The molecule has 0 radical (unpaired) electrons. The molecule has 0 saturated carbocycles. The number of anilines is 1. The zero-order valence-electron chi connectivity index (χ0n) is 21.3. The lowest BCUT2D eigenvalue weighted by Gasteiger charge is -2.24. The predicted octanol–water partition coefficient (Wildman–Crippen LogP) is 4.04. The summed E-state index contributed by atoms with van der Waals surface area (Å²) >= 11 is 0. The van der Waals surface area contributed by atoms with E-state index < -0.39 is 24.1 Å². The number of carbonyl (C=O) groups excluding carboxylic acids is 3. The van der Waals surface area contributed by atoms with Crippen molar-refractivity contribution in [1.29, 1.82) is 0 Å². The lowest BCUT2D eigenvalue weighted by Crippen LogP contribution is -2.33. The third kappa shape index (κ3) is 6.54. The predicted molar refractivity (Wildman–Crippen MR) is 141 cm³/mol. The summed E-state index contributed by atoms with van der Waals surface area (Å²) in [6.07, 6.45) is -2.02. The van der Waals surface area contributed by atoms with E-state index in [0.717, 1.165) is 5.56 Å². The summed E-state index contributed by atoms with van der Waals surface area (Å²) in [5, 5.41) is 13.4. The largest absolute Gasteiger partial charge is 0.442 e. The van der Waals surface area contributed by atoms with Crippen molar-refractivity contribution in [3.63, 3.8) is 0 Å². The van der Waals surface area contributed by atoms with E-state index in [1.807, 2.05) is 30.3 Å². The molecule has 1 aliphatic heterocycles. The van der Waals surface area contributed by atoms with Gasteiger partial charge in [-0.2, -0.15) is 0 Å². The first-order valence-electron chi connectivity index (χ1n) is 12.3. The van der Waals surface area contributed by atoms with Gasteiger partial charge < -0.3 is 20.1 Å². The fourth-order valence-corrected chi connectivity index (χ4v) is 4.31. The van der Waals surface area contributed by atoms with Crippen molar-refractivity contribution in [2.24, 2.45) is 0 Å². The van der Waals surface area contributed by atoms with Gasteiger partial charge in [-0.3, -0.25) is 14.5 Å². The third-order valence-corrected chi connectivity index (χ3v) is 6.38. The standard InChI is InChI=1S/C29H30FN3O5/c1-19(34)31-15-25-17-33(29(37)38-25)24-12-13-26(27(30)14-24)22-8-10-23(11-9-22)28(36)18-32(20(2)35)16-21-6-4-3-5-7-21/h3-14,25,28,36H,15-18H2,1-2H3,(H,31,34)/t25-,28+/m0/s1. The number of carbonyl (C=O) groups is 3. The van der Waals surface area contributed by atoms with Crippen molar-refractivity contribution < 1.29 is 28.6 Å². The van der Waals surface area contributed by atoms with Crippen LogP contribution in [0.25, 0.3) is 11.1 Å². The summed E-state index contributed by atoms with van der Waals surface area (Å²) in [7, 11) is 0. The quantitative estimate of drug-likeness (QED) is 0.445. The first-order valence-corrected chi connectivity index (χ1v) is 12.3. The molecule has 1 fully saturated rings. The Morgan fingerprint density at radius 1 is 1.11 bits per heavy atom. The first kappa shape index (κ1) is 26.8. The first-order chi connectivity index (χ1) is 18.2. The van der Waals surface area contributed by atoms with Crippen molar-refractivity contribution in [2.45, 2.75) is 32.6 Å². The number of cyclic esters (lactones) is 1. The summed E-state index contributed by atoms with van der Waals surface area (Å²) in [5.74, 6) is -0.883. The van der Waals surface area contributed by atoms with Crippen LogP contribution in [-0.4, -0.2) is 53.7 Å². The Kier molecular flexibility index (Phi) is 8.38. The number of nitrogens with zero attached hydrogens (tertiary/aromatic N) is 2. The van der Waals surface area contributed by atoms with Crippen LogP contribution in [0.4, 0.5) is 14.9 Å². The summed E-state index contributed by atoms with van der Waals surface area (Å²) in [6, 6.07) is 20.9. The molecule has 0 unspecified atom stereocenters. The van der Waals surface area contributed by atoms with E-state index in [-0.39, 0.29) is 31.4 Å². The topological polar surface area (TPSA) is 99.2 Å². The highest BCUT2D eigenvalue weighted by Crippen LogP contribution is 2.30. The molecule has 3 amide bonds. The molecular formula is C29H30FN3O5. The molecule has 38 heavy (non-hydrogen) atoms. The van der Waals surface area contributed by atoms with Gasteiger partial charge in [0.15, 0.2) is 0 Å². The van der Waals surface area contributed by atoms with Gasteiger partial charge >= 0.3 is 6.09 Å². The van der Waals surface area contributed by atoms with E-state index in [4.69, 9.17) is 4.74 Å². The lowest BCUT2D eigenvalue weighted by molar-refractivity contribution is -0.131. The number of halogens is 1. The van der Waals surface area contributed by atoms with Gasteiger partial charge in [-0.25, -0.2) is 9.18 Å². The second-order valence-electron chi connectivity index (χ2n) is 9.24. The number of aliphatic hydroxyl groups is 1. The zero-order valence-corrected chi connectivity index (χ0v) is 21.3. The Morgan fingerprint density at radius 2 is 1.82 bits per heavy atom. The molecule has 9 heteroatoms. The summed E-state index contributed by atoms with van der Waals surface area (Å²) in [4.78, 5) is 38.4. The van der Waals surface area contributed by atoms with Crippen molar-refractivity contribution in [3.8, 4) is 11.1 Å². The molecule has 1 aliphatic rings. The van der Waals surface area contributed by atoms with Gasteiger partial charge in [-0.1, -0.05) is 54.6 Å². The monoisotopic (exact) mass is 519 g/mol. The van der Waals surface area contributed by atoms with Gasteiger partial charge in [0.05, 0.1) is 31.4 Å². The van der Waals surface area contributed by atoms with Crippen molar-refractivity contribution in [3.05, 3.63) is 89.7 Å². The minimum absolute atomic E-state index is 0.126. The van der Waals surface area contributed by atoms with Gasteiger partial charge in [0.2, 0.25) is 11.8 Å². The number of benzene rings is 3. The van der Waals surface area contributed by atoms with Crippen LogP contribution in [0.5, 0.6) is 0 Å². The van der Waals surface area contributed by atoms with Crippen LogP contribution >= 0.6 is 0 Å². The maximum atomic E-state index is 15.1. The number of hydrogen-bond donors (Lipinski definition) is 2. The Balaban J connectivity index is 1.42. The molecule has 2 N–H and O–H groups in total. The number of amides is 3. The van der Waals surface area contributed by atoms with Crippen LogP contribution in [0.3, 0.4) is 0 Å². The average Bonchev–Trinajstić information content (AvgIpc) is 3.28. The molecule has 1 heterocycles. The second-order valence-corrected chi connectivity index (χ2v) is 9.24. The van der Waals surface area contributed by atoms with Crippen LogP contribution in [0.15, 0.2) is 72.8 Å². The molecule has 0 spiro atoms. The van der Waals surface area contributed by atoms with Gasteiger partial charge in [0.25, 0.3) is 0 Å². The minimum Gasteiger partial charge on any atom is -0.442 e. The normalized spacial score (nSPS) is 15.6. The molecule has 4 rings (SSSR count). The molecule has 3 aromatic rings. The molecule has 1 saturated heterocycles. The highest BCUT2D eigenvalue weighted by molar-refractivity contribution is 5.90. The SMILES string of the molecule is CC(=O)NC[C@H]1CN(c2ccc(-c3ccc([C@H](O)CN(Cc4ccccc4)C(C)=O)cc3)c(F)c2)C(=O)O1. The Labute approximate surface area is 220 Å². The van der Waals surface area contributed by atoms with Crippen LogP contribution in [-0.2, 0) is 20.9 Å². The number of ether oxygens (including phenoxy) is 1. The molecule has 2 atom stereocenters. The molecule has 3 aromatic carbocycles. The zero-order chi connectivity index (χ0) is 27.2. The van der Waals surface area contributed by atoms with Crippen molar-refractivity contribution >= 4 is 23.6 Å². The smallest absolute Gasteiger partial charge is 0.414 e. The highest BCUT2D eigenvalue weighted by atomic mass is 19.1. The molecule has 8 nitrogen and oxygen atoms in total.